The first-order valence-corrected chi connectivity index (χ1v) is 8.94. The molecule has 6 nitrogen and oxygen atoms in total. The van der Waals surface area contributed by atoms with Gasteiger partial charge in [0.15, 0.2) is 0 Å². The van der Waals surface area contributed by atoms with Gasteiger partial charge in [-0.15, -0.1) is 5.10 Å². The third-order valence-corrected chi connectivity index (χ3v) is 4.35. The van der Waals surface area contributed by atoms with E-state index in [2.05, 4.69) is 61.9 Å². The predicted molar refractivity (Wildman–Crippen MR) is 106 cm³/mol. The summed E-state index contributed by atoms with van der Waals surface area (Å²) in [5.74, 6) is 0.489. The van der Waals surface area contributed by atoms with E-state index in [1.807, 2.05) is 36.4 Å². The lowest BCUT2D eigenvalue weighted by atomic mass is 10.1. The summed E-state index contributed by atoms with van der Waals surface area (Å²) in [6.07, 6.45) is 2.69. The highest BCUT2D eigenvalue weighted by molar-refractivity contribution is 5.60. The van der Waals surface area contributed by atoms with Crippen LogP contribution in [0.1, 0.15) is 18.2 Å². The molecule has 4 rings (SSSR count). The Labute approximate surface area is 157 Å². The topological polar surface area (TPSA) is 79.4 Å². The summed E-state index contributed by atoms with van der Waals surface area (Å²) >= 11 is 0. The van der Waals surface area contributed by atoms with Crippen molar-refractivity contribution in [2.24, 2.45) is 0 Å². The first-order chi connectivity index (χ1) is 13.3. The molecule has 2 N–H and O–H groups in total. The van der Waals surface area contributed by atoms with Gasteiger partial charge in [0.2, 0.25) is 5.95 Å². The van der Waals surface area contributed by atoms with Crippen molar-refractivity contribution in [2.45, 2.75) is 19.9 Å². The minimum Gasteiger partial charge on any atom is -0.347 e. The average molecular weight is 356 g/mol. The highest BCUT2D eigenvalue weighted by atomic mass is 15.2. The quantitative estimate of drug-likeness (QED) is 0.544. The number of rotatable bonds is 6. The summed E-state index contributed by atoms with van der Waals surface area (Å²) in [5.41, 5.74) is 6.07. The summed E-state index contributed by atoms with van der Waals surface area (Å²) in [6, 6.07) is 20.4. The number of aryl methyl sites for hydroxylation is 1. The zero-order valence-corrected chi connectivity index (χ0v) is 15.1. The number of hydrogen-bond donors (Lipinski definition) is 2. The van der Waals surface area contributed by atoms with Crippen molar-refractivity contribution in [2.75, 3.05) is 5.32 Å². The van der Waals surface area contributed by atoms with Crippen molar-refractivity contribution in [1.29, 1.82) is 0 Å². The van der Waals surface area contributed by atoms with E-state index >= 15 is 0 Å². The van der Waals surface area contributed by atoms with Gasteiger partial charge < -0.3 is 5.32 Å². The fraction of sp³-hybridized carbons (Fsp3) is 0.143. The van der Waals surface area contributed by atoms with Crippen molar-refractivity contribution >= 4 is 5.95 Å². The van der Waals surface area contributed by atoms with Crippen molar-refractivity contribution in [3.63, 3.8) is 0 Å². The van der Waals surface area contributed by atoms with Crippen LogP contribution in [0.3, 0.4) is 0 Å². The SMILES string of the molecule is CCc1ccc(-c2cnnc(NCc3cc(-c4ccccc4)n[nH]3)n2)cc1. The minimum absolute atomic E-state index is 0.489. The third kappa shape index (κ3) is 4.00. The largest absolute Gasteiger partial charge is 0.347 e. The Morgan fingerprint density at radius 3 is 2.48 bits per heavy atom. The zero-order valence-electron chi connectivity index (χ0n) is 15.1. The van der Waals surface area contributed by atoms with Gasteiger partial charge in [-0.05, 0) is 18.1 Å². The molecule has 2 heterocycles. The maximum Gasteiger partial charge on any atom is 0.243 e. The maximum absolute atomic E-state index is 4.56. The molecule has 0 saturated heterocycles. The monoisotopic (exact) mass is 356 g/mol. The van der Waals surface area contributed by atoms with Gasteiger partial charge in [-0.3, -0.25) is 5.10 Å². The Morgan fingerprint density at radius 1 is 0.926 bits per heavy atom. The number of hydrogen-bond acceptors (Lipinski definition) is 5. The van der Waals surface area contributed by atoms with Crippen LogP contribution in [0.4, 0.5) is 5.95 Å². The van der Waals surface area contributed by atoms with Gasteiger partial charge in [0.25, 0.3) is 0 Å². The van der Waals surface area contributed by atoms with Crippen LogP contribution in [0, 0.1) is 0 Å². The summed E-state index contributed by atoms with van der Waals surface area (Å²) in [4.78, 5) is 4.56. The third-order valence-electron chi connectivity index (χ3n) is 4.35. The van der Waals surface area contributed by atoms with E-state index in [-0.39, 0.29) is 0 Å². The lowest BCUT2D eigenvalue weighted by molar-refractivity contribution is 0.923. The van der Waals surface area contributed by atoms with Crippen LogP contribution in [0.2, 0.25) is 0 Å². The molecular formula is C21H20N6. The summed E-state index contributed by atoms with van der Waals surface area (Å²) in [7, 11) is 0. The zero-order chi connectivity index (χ0) is 18.5. The van der Waals surface area contributed by atoms with E-state index in [1.54, 1.807) is 6.20 Å². The molecule has 0 aliphatic carbocycles. The maximum atomic E-state index is 4.56. The normalized spacial score (nSPS) is 10.7. The van der Waals surface area contributed by atoms with Crippen LogP contribution in [-0.2, 0) is 13.0 Å². The van der Waals surface area contributed by atoms with E-state index in [0.717, 1.165) is 34.6 Å². The van der Waals surface area contributed by atoms with Gasteiger partial charge >= 0.3 is 0 Å². The van der Waals surface area contributed by atoms with Crippen LogP contribution < -0.4 is 5.32 Å². The van der Waals surface area contributed by atoms with E-state index in [1.165, 1.54) is 5.56 Å². The van der Waals surface area contributed by atoms with Crippen LogP contribution in [0.5, 0.6) is 0 Å². The van der Waals surface area contributed by atoms with Gasteiger partial charge in [-0.1, -0.05) is 61.5 Å². The molecular weight excluding hydrogens is 336 g/mol. The summed E-state index contributed by atoms with van der Waals surface area (Å²) < 4.78 is 0. The molecule has 0 aliphatic rings. The van der Waals surface area contributed by atoms with Crippen LogP contribution in [-0.4, -0.2) is 25.4 Å². The van der Waals surface area contributed by atoms with Crippen molar-refractivity contribution in [1.82, 2.24) is 25.4 Å². The number of aromatic nitrogens is 5. The first kappa shape index (κ1) is 16.9. The summed E-state index contributed by atoms with van der Waals surface area (Å²) in [5, 5.41) is 18.7. The Balaban J connectivity index is 1.45. The van der Waals surface area contributed by atoms with Gasteiger partial charge in [-0.25, -0.2) is 4.98 Å². The second-order valence-electron chi connectivity index (χ2n) is 6.21. The van der Waals surface area contributed by atoms with Crippen LogP contribution in [0.15, 0.2) is 66.9 Å². The molecule has 2 aromatic carbocycles. The van der Waals surface area contributed by atoms with Crippen LogP contribution in [0.25, 0.3) is 22.5 Å². The van der Waals surface area contributed by atoms with Crippen molar-refractivity contribution < 1.29 is 0 Å². The number of H-pyrrole nitrogens is 1. The van der Waals surface area contributed by atoms with Gasteiger partial charge in [0.1, 0.15) is 0 Å². The molecule has 0 amide bonds. The lowest BCUT2D eigenvalue weighted by Crippen LogP contribution is -2.05. The van der Waals surface area contributed by atoms with E-state index < -0.39 is 0 Å². The second kappa shape index (κ2) is 7.78. The molecule has 0 radical (unpaired) electrons. The Morgan fingerprint density at radius 2 is 1.70 bits per heavy atom. The van der Waals surface area contributed by atoms with Gasteiger partial charge in [0, 0.05) is 11.1 Å². The molecule has 2 aromatic heterocycles. The van der Waals surface area contributed by atoms with E-state index in [9.17, 15) is 0 Å². The second-order valence-corrected chi connectivity index (χ2v) is 6.21. The first-order valence-electron chi connectivity index (χ1n) is 8.94. The highest BCUT2D eigenvalue weighted by Gasteiger charge is 2.06. The van der Waals surface area contributed by atoms with E-state index in [0.29, 0.717) is 12.5 Å². The fourth-order valence-corrected chi connectivity index (χ4v) is 2.81. The Hall–Kier alpha value is -3.54. The molecule has 134 valence electrons. The molecule has 0 saturated carbocycles. The Bertz CT molecular complexity index is 1010. The van der Waals surface area contributed by atoms with Crippen molar-refractivity contribution in [3.8, 4) is 22.5 Å². The number of aromatic amines is 1. The minimum atomic E-state index is 0.489. The number of benzene rings is 2. The standard InChI is InChI=1S/C21H20N6/c1-2-15-8-10-17(11-9-15)20-14-23-27-21(24-20)22-13-18-12-19(26-25-18)16-6-4-3-5-7-16/h3-12,14H,2,13H2,1H3,(H,25,26)(H,22,24,27). The molecule has 0 aliphatic heterocycles. The predicted octanol–water partition coefficient (Wildman–Crippen LogP) is 4.10. The molecule has 4 aromatic rings. The molecule has 27 heavy (non-hydrogen) atoms. The highest BCUT2D eigenvalue weighted by Crippen LogP contribution is 2.19. The average Bonchev–Trinajstić information content (AvgIpc) is 3.22. The summed E-state index contributed by atoms with van der Waals surface area (Å²) in [6.45, 7) is 2.68. The van der Waals surface area contributed by atoms with Gasteiger partial charge in [-0.2, -0.15) is 10.2 Å². The molecule has 0 atom stereocenters. The number of anilines is 1. The number of nitrogens with zero attached hydrogens (tertiary/aromatic N) is 4. The van der Waals surface area contributed by atoms with Crippen LogP contribution >= 0.6 is 0 Å². The fourth-order valence-electron chi connectivity index (χ4n) is 2.81. The molecule has 6 heteroatoms. The van der Waals surface area contributed by atoms with Crippen molar-refractivity contribution in [3.05, 3.63) is 78.1 Å². The van der Waals surface area contributed by atoms with Gasteiger partial charge in [0.05, 0.1) is 29.8 Å². The van der Waals surface area contributed by atoms with E-state index in [4.69, 9.17) is 0 Å². The molecule has 0 fully saturated rings. The number of nitrogens with one attached hydrogen (secondary N) is 2. The molecule has 0 bridgehead atoms. The lowest BCUT2D eigenvalue weighted by Gasteiger charge is -2.05. The smallest absolute Gasteiger partial charge is 0.243 e. The Kier molecular flexibility index (Phi) is 4.87. The molecule has 0 spiro atoms. The molecule has 0 unspecified atom stereocenters.